The molecular weight excluding hydrogens is 288 g/mol. The van der Waals surface area contributed by atoms with Crippen LogP contribution in [0, 0.1) is 5.92 Å². The van der Waals surface area contributed by atoms with Crippen molar-refractivity contribution < 1.29 is 13.2 Å². The van der Waals surface area contributed by atoms with E-state index in [1.807, 2.05) is 31.2 Å². The highest BCUT2D eigenvalue weighted by Gasteiger charge is 2.26. The Morgan fingerprint density at radius 2 is 2.24 bits per heavy atom. The van der Waals surface area contributed by atoms with Crippen molar-refractivity contribution in [1.29, 1.82) is 0 Å². The third-order valence-corrected chi connectivity index (χ3v) is 5.09. The van der Waals surface area contributed by atoms with Crippen LogP contribution in [0.4, 0.5) is 0 Å². The number of piperidine rings is 1. The monoisotopic (exact) mass is 312 g/mol. The number of benzene rings is 1. The van der Waals surface area contributed by atoms with Gasteiger partial charge in [0.15, 0.2) is 0 Å². The number of nitrogens with zero attached hydrogens (tertiary/aromatic N) is 1. The molecule has 0 spiro atoms. The Hall–Kier alpha value is -1.11. The van der Waals surface area contributed by atoms with E-state index in [1.54, 1.807) is 4.31 Å². The zero-order chi connectivity index (χ0) is 15.5. The van der Waals surface area contributed by atoms with Gasteiger partial charge in [0, 0.05) is 25.0 Å². The number of hydrogen-bond acceptors (Lipinski definition) is 4. The second kappa shape index (κ2) is 6.77. The van der Waals surface area contributed by atoms with Gasteiger partial charge >= 0.3 is 0 Å². The molecule has 1 saturated heterocycles. The summed E-state index contributed by atoms with van der Waals surface area (Å²) >= 11 is 0. The van der Waals surface area contributed by atoms with Gasteiger partial charge in [-0.05, 0) is 37.5 Å². The van der Waals surface area contributed by atoms with Crippen molar-refractivity contribution in [3.8, 4) is 5.75 Å². The van der Waals surface area contributed by atoms with E-state index < -0.39 is 10.0 Å². The van der Waals surface area contributed by atoms with Crippen LogP contribution in [-0.2, 0) is 10.0 Å². The molecule has 1 aliphatic rings. The van der Waals surface area contributed by atoms with Gasteiger partial charge in [-0.2, -0.15) is 0 Å². The highest BCUT2D eigenvalue weighted by Crippen LogP contribution is 2.22. The zero-order valence-electron chi connectivity index (χ0n) is 12.7. The summed E-state index contributed by atoms with van der Waals surface area (Å²) in [4.78, 5) is 0. The molecule has 0 aliphatic carbocycles. The maximum atomic E-state index is 11.6. The van der Waals surface area contributed by atoms with Crippen LogP contribution in [-0.4, -0.2) is 38.7 Å². The van der Waals surface area contributed by atoms with E-state index in [2.05, 4.69) is 0 Å². The molecule has 2 unspecified atom stereocenters. The Morgan fingerprint density at radius 1 is 1.48 bits per heavy atom. The quantitative estimate of drug-likeness (QED) is 0.899. The molecule has 1 heterocycles. The molecule has 21 heavy (non-hydrogen) atoms. The van der Waals surface area contributed by atoms with Crippen LogP contribution in [0.2, 0.25) is 0 Å². The van der Waals surface area contributed by atoms with Crippen molar-refractivity contribution in [2.75, 3.05) is 26.0 Å². The Kier molecular flexibility index (Phi) is 5.24. The second-order valence-corrected chi connectivity index (χ2v) is 7.78. The maximum absolute atomic E-state index is 11.6. The summed E-state index contributed by atoms with van der Waals surface area (Å²) in [5, 5.41) is 0. The predicted octanol–water partition coefficient (Wildman–Crippen LogP) is 1.76. The number of rotatable bonds is 5. The zero-order valence-corrected chi connectivity index (χ0v) is 13.5. The van der Waals surface area contributed by atoms with Gasteiger partial charge in [0.05, 0.1) is 12.9 Å². The fourth-order valence-electron chi connectivity index (χ4n) is 2.57. The molecular formula is C15H24N2O3S. The molecule has 2 atom stereocenters. The molecule has 1 aliphatic heterocycles. The largest absolute Gasteiger partial charge is 0.493 e. The summed E-state index contributed by atoms with van der Waals surface area (Å²) in [7, 11) is -3.10. The van der Waals surface area contributed by atoms with Gasteiger partial charge in [-0.25, -0.2) is 12.7 Å². The highest BCUT2D eigenvalue weighted by molar-refractivity contribution is 7.88. The topological polar surface area (TPSA) is 72.6 Å². The van der Waals surface area contributed by atoms with Crippen molar-refractivity contribution in [1.82, 2.24) is 4.31 Å². The average molecular weight is 312 g/mol. The first kappa shape index (κ1) is 16.3. The van der Waals surface area contributed by atoms with Crippen LogP contribution in [0.1, 0.15) is 31.4 Å². The number of ether oxygens (including phenoxy) is 1. The first-order valence-corrected chi connectivity index (χ1v) is 9.14. The molecule has 0 saturated carbocycles. The van der Waals surface area contributed by atoms with E-state index in [0.717, 1.165) is 24.2 Å². The Labute approximate surface area is 127 Å². The summed E-state index contributed by atoms with van der Waals surface area (Å²) in [5.74, 6) is 1.04. The lowest BCUT2D eigenvalue weighted by atomic mass is 10.0. The minimum absolute atomic E-state index is 0.0241. The fourth-order valence-corrected chi connectivity index (χ4v) is 3.51. The van der Waals surface area contributed by atoms with Crippen molar-refractivity contribution in [3.05, 3.63) is 29.8 Å². The molecule has 1 aromatic rings. The molecule has 1 aromatic carbocycles. The Balaban J connectivity index is 1.92. The minimum Gasteiger partial charge on any atom is -0.493 e. The minimum atomic E-state index is -3.10. The van der Waals surface area contributed by atoms with Gasteiger partial charge in [0.2, 0.25) is 10.0 Å². The Morgan fingerprint density at radius 3 is 2.90 bits per heavy atom. The predicted molar refractivity (Wildman–Crippen MR) is 83.7 cm³/mol. The lowest BCUT2D eigenvalue weighted by molar-refractivity contribution is 0.180. The molecule has 0 radical (unpaired) electrons. The fraction of sp³-hybridized carbons (Fsp3) is 0.600. The Bertz CT molecular complexity index is 572. The van der Waals surface area contributed by atoms with E-state index in [9.17, 15) is 8.42 Å². The smallest absolute Gasteiger partial charge is 0.211 e. The van der Waals surface area contributed by atoms with Crippen LogP contribution in [0.5, 0.6) is 5.75 Å². The number of nitrogens with two attached hydrogens (primary N) is 1. The first-order chi connectivity index (χ1) is 9.86. The van der Waals surface area contributed by atoms with E-state index in [1.165, 1.54) is 6.26 Å². The number of sulfonamides is 1. The SMILES string of the molecule is CC(N)c1cccc(OCC2CCCN(S(C)(=O)=O)C2)c1. The lowest BCUT2D eigenvalue weighted by Gasteiger charge is -2.30. The summed E-state index contributed by atoms with van der Waals surface area (Å²) in [5.41, 5.74) is 6.89. The average Bonchev–Trinajstić information content (AvgIpc) is 2.45. The first-order valence-electron chi connectivity index (χ1n) is 7.29. The molecule has 5 nitrogen and oxygen atoms in total. The summed E-state index contributed by atoms with van der Waals surface area (Å²) in [6.07, 6.45) is 3.16. The van der Waals surface area contributed by atoms with Gasteiger partial charge in [-0.1, -0.05) is 12.1 Å². The van der Waals surface area contributed by atoms with E-state index >= 15 is 0 Å². The molecule has 2 N–H and O–H groups in total. The van der Waals surface area contributed by atoms with Crippen LogP contribution >= 0.6 is 0 Å². The highest BCUT2D eigenvalue weighted by atomic mass is 32.2. The van der Waals surface area contributed by atoms with Gasteiger partial charge in [0.25, 0.3) is 0 Å². The van der Waals surface area contributed by atoms with Crippen LogP contribution < -0.4 is 10.5 Å². The molecule has 0 amide bonds. The number of hydrogen-bond donors (Lipinski definition) is 1. The summed E-state index contributed by atoms with van der Waals surface area (Å²) in [6, 6.07) is 7.73. The maximum Gasteiger partial charge on any atom is 0.211 e. The van der Waals surface area contributed by atoms with Gasteiger partial charge in [-0.15, -0.1) is 0 Å². The van der Waals surface area contributed by atoms with E-state index in [-0.39, 0.29) is 12.0 Å². The second-order valence-electron chi connectivity index (χ2n) is 5.80. The molecule has 0 aromatic heterocycles. The molecule has 1 fully saturated rings. The summed E-state index contributed by atoms with van der Waals surface area (Å²) < 4.78 is 30.6. The van der Waals surface area contributed by atoms with Crippen LogP contribution in [0.25, 0.3) is 0 Å². The molecule has 118 valence electrons. The van der Waals surface area contributed by atoms with Gasteiger partial charge < -0.3 is 10.5 Å². The third-order valence-electron chi connectivity index (χ3n) is 3.82. The van der Waals surface area contributed by atoms with Crippen molar-refractivity contribution >= 4 is 10.0 Å². The van der Waals surface area contributed by atoms with Crippen LogP contribution in [0.3, 0.4) is 0 Å². The van der Waals surface area contributed by atoms with Crippen molar-refractivity contribution in [3.63, 3.8) is 0 Å². The molecule has 2 rings (SSSR count). The van der Waals surface area contributed by atoms with Gasteiger partial charge in [-0.3, -0.25) is 0 Å². The normalized spacial score (nSPS) is 22.0. The van der Waals surface area contributed by atoms with E-state index in [0.29, 0.717) is 19.7 Å². The third kappa shape index (κ3) is 4.69. The van der Waals surface area contributed by atoms with Crippen LogP contribution in [0.15, 0.2) is 24.3 Å². The van der Waals surface area contributed by atoms with Crippen molar-refractivity contribution in [2.45, 2.75) is 25.8 Å². The molecule has 6 heteroatoms. The molecule has 0 bridgehead atoms. The summed E-state index contributed by atoms with van der Waals surface area (Å²) in [6.45, 7) is 3.64. The lowest BCUT2D eigenvalue weighted by Crippen LogP contribution is -2.40. The van der Waals surface area contributed by atoms with Gasteiger partial charge in [0.1, 0.15) is 5.75 Å². The van der Waals surface area contributed by atoms with E-state index in [4.69, 9.17) is 10.5 Å². The van der Waals surface area contributed by atoms with Crippen molar-refractivity contribution in [2.24, 2.45) is 11.7 Å². The standard InChI is InChI=1S/C15H24N2O3S/c1-12(16)14-6-3-7-15(9-14)20-11-13-5-4-8-17(10-13)21(2,18)19/h3,6-7,9,12-13H,4-5,8,10-11,16H2,1-2H3.